The van der Waals surface area contributed by atoms with Crippen LogP contribution in [0.1, 0.15) is 41.5 Å². The van der Waals surface area contributed by atoms with E-state index in [-0.39, 0.29) is 0 Å². The second-order valence-electron chi connectivity index (χ2n) is 6.71. The normalized spacial score (nSPS) is 14.7. The van der Waals surface area contributed by atoms with Gasteiger partial charge in [0.1, 0.15) is 0 Å². The van der Waals surface area contributed by atoms with Gasteiger partial charge in [-0.15, -0.1) is 0 Å². The van der Waals surface area contributed by atoms with E-state index in [1.165, 1.54) is 0 Å². The van der Waals surface area contributed by atoms with Gasteiger partial charge in [0.05, 0.1) is 0 Å². The number of amides is 1. The van der Waals surface area contributed by atoms with Crippen LogP contribution in [0.2, 0.25) is 0 Å². The SMILES string of the molecule is CC(C)(C)C(NC(=O)C(F)(F)C(F)(F)F)C(C)(C)C. The Morgan fingerprint density at radius 2 is 1.16 bits per heavy atom. The number of rotatable bonds is 2. The molecule has 0 aromatic rings. The summed E-state index contributed by atoms with van der Waals surface area (Å²) in [6.45, 7) is 9.97. The Morgan fingerprint density at radius 3 is 1.37 bits per heavy atom. The first kappa shape index (κ1) is 18.1. The van der Waals surface area contributed by atoms with E-state index in [2.05, 4.69) is 0 Å². The lowest BCUT2D eigenvalue weighted by Gasteiger charge is -2.41. The van der Waals surface area contributed by atoms with Crippen molar-refractivity contribution < 1.29 is 26.7 Å². The first-order valence-corrected chi connectivity index (χ1v) is 5.77. The summed E-state index contributed by atoms with van der Waals surface area (Å²) < 4.78 is 62.2. The van der Waals surface area contributed by atoms with E-state index in [0.29, 0.717) is 0 Å². The van der Waals surface area contributed by atoms with Gasteiger partial charge in [-0.2, -0.15) is 22.0 Å². The van der Waals surface area contributed by atoms with Crippen molar-refractivity contribution in [2.75, 3.05) is 0 Å². The molecular formula is C12H20F5NO. The van der Waals surface area contributed by atoms with Gasteiger partial charge in [-0.05, 0) is 10.8 Å². The molecule has 114 valence electrons. The predicted molar refractivity (Wildman–Crippen MR) is 61.8 cm³/mol. The summed E-state index contributed by atoms with van der Waals surface area (Å²) in [7, 11) is 0. The smallest absolute Gasteiger partial charge is 0.347 e. The molecule has 1 N–H and O–H groups in total. The Morgan fingerprint density at radius 1 is 0.842 bits per heavy atom. The quantitative estimate of drug-likeness (QED) is 0.770. The zero-order valence-corrected chi connectivity index (χ0v) is 11.9. The highest BCUT2D eigenvalue weighted by atomic mass is 19.4. The number of nitrogens with one attached hydrogen (secondary N) is 1. The van der Waals surface area contributed by atoms with Crippen LogP contribution in [-0.4, -0.2) is 24.0 Å². The van der Waals surface area contributed by atoms with Crippen molar-refractivity contribution in [1.82, 2.24) is 5.32 Å². The molecule has 0 aromatic heterocycles. The molecule has 0 atom stereocenters. The first-order chi connectivity index (χ1) is 8.01. The Hall–Kier alpha value is -0.880. The highest BCUT2D eigenvalue weighted by molar-refractivity contribution is 5.84. The van der Waals surface area contributed by atoms with Crippen molar-refractivity contribution >= 4 is 5.91 Å². The molecule has 0 saturated heterocycles. The summed E-state index contributed by atoms with van der Waals surface area (Å²) in [5, 5.41) is 1.83. The lowest BCUT2D eigenvalue weighted by atomic mass is 9.72. The van der Waals surface area contributed by atoms with Gasteiger partial charge in [0.15, 0.2) is 0 Å². The van der Waals surface area contributed by atoms with Gasteiger partial charge in [0.25, 0.3) is 0 Å². The van der Waals surface area contributed by atoms with Crippen molar-refractivity contribution in [3.8, 4) is 0 Å². The fraction of sp³-hybridized carbons (Fsp3) is 0.917. The molecule has 0 aliphatic carbocycles. The van der Waals surface area contributed by atoms with E-state index in [9.17, 15) is 26.7 Å². The van der Waals surface area contributed by atoms with Crippen molar-refractivity contribution in [1.29, 1.82) is 0 Å². The summed E-state index contributed by atoms with van der Waals surface area (Å²) in [6, 6.07) is -0.833. The Balaban J connectivity index is 5.26. The summed E-state index contributed by atoms with van der Waals surface area (Å²) in [5.41, 5.74) is -1.31. The molecule has 1 amide bonds. The van der Waals surface area contributed by atoms with Gasteiger partial charge < -0.3 is 5.32 Å². The standard InChI is InChI=1S/C12H20F5NO/c1-9(2,3)7(10(4,5)6)18-8(19)11(13,14)12(15,16)17/h7H,1-6H3,(H,18,19). The largest absolute Gasteiger partial charge is 0.463 e. The second kappa shape index (κ2) is 4.90. The minimum absolute atomic E-state index is 0.657. The third-order valence-corrected chi connectivity index (χ3v) is 2.65. The highest BCUT2D eigenvalue weighted by Gasteiger charge is 2.64. The van der Waals surface area contributed by atoms with E-state index >= 15 is 0 Å². The number of hydrogen-bond donors (Lipinski definition) is 1. The van der Waals surface area contributed by atoms with Crippen LogP contribution in [0, 0.1) is 10.8 Å². The molecule has 2 nitrogen and oxygen atoms in total. The zero-order valence-electron chi connectivity index (χ0n) is 11.9. The molecule has 0 aromatic carbocycles. The number of alkyl halides is 5. The summed E-state index contributed by atoms with van der Waals surface area (Å²) in [5.74, 6) is -7.70. The fourth-order valence-corrected chi connectivity index (χ4v) is 2.08. The van der Waals surface area contributed by atoms with Crippen LogP contribution in [0.15, 0.2) is 0 Å². The Labute approximate surface area is 109 Å². The fourth-order valence-electron chi connectivity index (χ4n) is 2.08. The zero-order chi connectivity index (χ0) is 15.9. The maximum Gasteiger partial charge on any atom is 0.463 e. The van der Waals surface area contributed by atoms with Gasteiger partial charge in [0, 0.05) is 6.04 Å². The average Bonchev–Trinajstić information content (AvgIpc) is 2.07. The molecule has 0 bridgehead atoms. The topological polar surface area (TPSA) is 29.1 Å². The number of halogens is 5. The molecule has 0 radical (unpaired) electrons. The third-order valence-electron chi connectivity index (χ3n) is 2.65. The molecule has 0 fully saturated rings. The second-order valence-corrected chi connectivity index (χ2v) is 6.71. The van der Waals surface area contributed by atoms with E-state index in [0.717, 1.165) is 0 Å². The third kappa shape index (κ3) is 4.31. The van der Waals surface area contributed by atoms with Crippen LogP contribution in [0.5, 0.6) is 0 Å². The molecule has 7 heteroatoms. The summed E-state index contributed by atoms with van der Waals surface area (Å²) >= 11 is 0. The van der Waals surface area contributed by atoms with Crippen molar-refractivity contribution in [2.24, 2.45) is 10.8 Å². The van der Waals surface area contributed by atoms with Crippen LogP contribution < -0.4 is 5.32 Å². The van der Waals surface area contributed by atoms with Gasteiger partial charge in [0.2, 0.25) is 0 Å². The average molecular weight is 289 g/mol. The van der Waals surface area contributed by atoms with Gasteiger partial charge in [-0.25, -0.2) is 0 Å². The highest BCUT2D eigenvalue weighted by Crippen LogP contribution is 2.38. The van der Waals surface area contributed by atoms with Crippen LogP contribution in [0.25, 0.3) is 0 Å². The lowest BCUT2D eigenvalue weighted by molar-refractivity contribution is -0.270. The van der Waals surface area contributed by atoms with E-state index in [4.69, 9.17) is 0 Å². The summed E-state index contributed by atoms with van der Waals surface area (Å²) in [6.07, 6.45) is -5.89. The molecule has 0 rings (SSSR count). The van der Waals surface area contributed by atoms with Gasteiger partial charge in [-0.3, -0.25) is 4.79 Å². The summed E-state index contributed by atoms with van der Waals surface area (Å²) in [4.78, 5) is 11.2. The van der Waals surface area contributed by atoms with Crippen LogP contribution >= 0.6 is 0 Å². The van der Waals surface area contributed by atoms with Crippen molar-refractivity contribution in [3.05, 3.63) is 0 Å². The maximum absolute atomic E-state index is 12.9. The number of carbonyl (C=O) groups excluding carboxylic acids is 1. The maximum atomic E-state index is 12.9. The number of hydrogen-bond acceptors (Lipinski definition) is 1. The van der Waals surface area contributed by atoms with Gasteiger partial charge in [-0.1, -0.05) is 41.5 Å². The van der Waals surface area contributed by atoms with Gasteiger partial charge >= 0.3 is 18.0 Å². The predicted octanol–water partition coefficient (Wildman–Crippen LogP) is 3.76. The van der Waals surface area contributed by atoms with E-state index in [1.54, 1.807) is 41.5 Å². The van der Waals surface area contributed by atoms with E-state index in [1.807, 2.05) is 5.32 Å². The van der Waals surface area contributed by atoms with Crippen LogP contribution in [-0.2, 0) is 4.79 Å². The van der Waals surface area contributed by atoms with Crippen LogP contribution in [0.4, 0.5) is 22.0 Å². The molecule has 0 heterocycles. The Bertz CT molecular complexity index is 321. The molecule has 19 heavy (non-hydrogen) atoms. The minimum atomic E-state index is -5.89. The molecular weight excluding hydrogens is 269 g/mol. The minimum Gasteiger partial charge on any atom is -0.347 e. The lowest BCUT2D eigenvalue weighted by Crippen LogP contribution is -2.58. The monoisotopic (exact) mass is 289 g/mol. The van der Waals surface area contributed by atoms with Crippen molar-refractivity contribution in [3.63, 3.8) is 0 Å². The molecule has 0 saturated carbocycles. The van der Waals surface area contributed by atoms with Crippen molar-refractivity contribution in [2.45, 2.75) is 59.7 Å². The first-order valence-electron chi connectivity index (χ1n) is 5.77. The molecule has 0 aliphatic heterocycles. The Kier molecular flexibility index (Phi) is 4.68. The molecule has 0 unspecified atom stereocenters. The number of carbonyl (C=O) groups is 1. The van der Waals surface area contributed by atoms with E-state index < -0.39 is 34.9 Å². The molecule has 0 aliphatic rings. The molecule has 0 spiro atoms. The van der Waals surface area contributed by atoms with Crippen LogP contribution in [0.3, 0.4) is 0 Å².